The number of aromatic nitrogens is 2. The Morgan fingerprint density at radius 1 is 0.490 bits per heavy atom. The number of hydrogen-bond donors (Lipinski definition) is 0. The van der Waals surface area contributed by atoms with E-state index >= 15 is 0 Å². The third-order valence-electron chi connectivity index (χ3n) is 9.56. The van der Waals surface area contributed by atoms with Gasteiger partial charge in [-0.2, -0.15) is 0 Å². The van der Waals surface area contributed by atoms with Crippen LogP contribution in [0.15, 0.2) is 176 Å². The molecule has 2 aromatic heterocycles. The fraction of sp³-hybridized carbons (Fsp3) is 0. The van der Waals surface area contributed by atoms with Gasteiger partial charge in [0.25, 0.3) is 0 Å². The van der Waals surface area contributed by atoms with Gasteiger partial charge in [-0.15, -0.1) is 11.3 Å². The fourth-order valence-electron chi connectivity index (χ4n) is 7.40. The van der Waals surface area contributed by atoms with Crippen LogP contribution in [0.25, 0.3) is 69.8 Å². The predicted octanol–water partition coefficient (Wildman–Crippen LogP) is 12.8. The van der Waals surface area contributed by atoms with Gasteiger partial charge >= 0.3 is 0 Å². The molecule has 49 heavy (non-hydrogen) atoms. The van der Waals surface area contributed by atoms with E-state index in [9.17, 15) is 0 Å². The van der Waals surface area contributed by atoms with Gasteiger partial charge in [0.2, 0.25) is 0 Å². The maximum Gasteiger partial charge on any atom is 0.124 e. The zero-order chi connectivity index (χ0) is 32.3. The first kappa shape index (κ1) is 27.8. The van der Waals surface area contributed by atoms with E-state index < -0.39 is 0 Å². The second kappa shape index (κ2) is 11.2. The molecular weight excluding hydrogens is 615 g/mol. The molecule has 0 unspecified atom stereocenters. The van der Waals surface area contributed by atoms with Crippen molar-refractivity contribution in [2.75, 3.05) is 4.90 Å². The van der Waals surface area contributed by atoms with Crippen molar-refractivity contribution in [1.29, 1.82) is 0 Å². The summed E-state index contributed by atoms with van der Waals surface area (Å²) < 4.78 is 3.61. The van der Waals surface area contributed by atoms with Crippen LogP contribution in [-0.2, 0) is 0 Å². The Balaban J connectivity index is 1.26. The van der Waals surface area contributed by atoms with Crippen LogP contribution in [-0.4, -0.2) is 9.55 Å². The van der Waals surface area contributed by atoms with Crippen molar-refractivity contribution < 1.29 is 0 Å². The van der Waals surface area contributed by atoms with Crippen LogP contribution in [0.2, 0.25) is 0 Å². The minimum absolute atomic E-state index is 1.03. The summed E-state index contributed by atoms with van der Waals surface area (Å²) in [5.41, 5.74) is 9.07. The monoisotopic (exact) mass is 643 g/mol. The molecule has 8 aromatic carbocycles. The van der Waals surface area contributed by atoms with E-state index in [0.29, 0.717) is 0 Å². The Morgan fingerprint density at radius 2 is 1.16 bits per heavy atom. The van der Waals surface area contributed by atoms with Gasteiger partial charge in [0.15, 0.2) is 0 Å². The predicted molar refractivity (Wildman–Crippen MR) is 209 cm³/mol. The van der Waals surface area contributed by atoms with E-state index in [1.54, 1.807) is 11.3 Å². The molecule has 0 spiro atoms. The quantitative estimate of drug-likeness (QED) is 0.174. The average Bonchev–Trinajstić information content (AvgIpc) is 3.76. The van der Waals surface area contributed by atoms with Crippen molar-refractivity contribution in [2.45, 2.75) is 0 Å². The lowest BCUT2D eigenvalue weighted by molar-refractivity contribution is 1.18. The molecule has 0 saturated carbocycles. The Kier molecular flexibility index (Phi) is 6.36. The molecule has 10 rings (SSSR count). The molecule has 0 atom stereocenters. The van der Waals surface area contributed by atoms with Gasteiger partial charge < -0.3 is 9.47 Å². The van der Waals surface area contributed by atoms with E-state index in [1.165, 1.54) is 48.1 Å². The highest BCUT2D eigenvalue weighted by Crippen LogP contribution is 2.45. The lowest BCUT2D eigenvalue weighted by Crippen LogP contribution is -2.10. The largest absolute Gasteiger partial charge is 0.310 e. The summed E-state index contributed by atoms with van der Waals surface area (Å²) >= 11 is 1.78. The van der Waals surface area contributed by atoms with Gasteiger partial charge in [-0.3, -0.25) is 0 Å². The van der Waals surface area contributed by atoms with Gasteiger partial charge in [0.1, 0.15) is 5.01 Å². The van der Waals surface area contributed by atoms with Crippen molar-refractivity contribution in [2.24, 2.45) is 0 Å². The molecule has 0 radical (unpaired) electrons. The molecule has 10 aromatic rings. The van der Waals surface area contributed by atoms with Crippen LogP contribution in [0.5, 0.6) is 0 Å². The lowest BCUT2D eigenvalue weighted by atomic mass is 10.00. The van der Waals surface area contributed by atoms with Gasteiger partial charge in [-0.1, -0.05) is 115 Å². The third-order valence-corrected chi connectivity index (χ3v) is 10.7. The Bertz CT molecular complexity index is 2820. The highest BCUT2D eigenvalue weighted by molar-refractivity contribution is 7.22. The van der Waals surface area contributed by atoms with E-state index in [2.05, 4.69) is 185 Å². The molecule has 0 bridgehead atoms. The molecule has 230 valence electrons. The summed E-state index contributed by atoms with van der Waals surface area (Å²) in [6.07, 6.45) is 0. The van der Waals surface area contributed by atoms with Crippen molar-refractivity contribution >= 4 is 82.0 Å². The van der Waals surface area contributed by atoms with Crippen molar-refractivity contribution in [1.82, 2.24) is 9.55 Å². The minimum Gasteiger partial charge on any atom is -0.310 e. The average molecular weight is 644 g/mol. The second-order valence-corrected chi connectivity index (χ2v) is 13.4. The fourth-order valence-corrected chi connectivity index (χ4v) is 8.54. The zero-order valence-electron chi connectivity index (χ0n) is 26.5. The summed E-state index contributed by atoms with van der Waals surface area (Å²) in [6.45, 7) is 0. The van der Waals surface area contributed by atoms with Crippen LogP contribution in [0, 0.1) is 0 Å². The number of benzene rings is 8. The van der Waals surface area contributed by atoms with Crippen LogP contribution in [0.4, 0.5) is 17.1 Å². The first-order valence-corrected chi connectivity index (χ1v) is 17.4. The SMILES string of the molecule is c1ccc(-c2nc3ccc4ccc5ccc(N(c6ccccc6)c6cccc7c6c6ccccc6n7-c6ccccc6)cc5c4c3s2)cc1. The highest BCUT2D eigenvalue weighted by atomic mass is 32.1. The summed E-state index contributed by atoms with van der Waals surface area (Å²) in [6, 6.07) is 63.1. The molecule has 0 N–H and O–H groups in total. The summed E-state index contributed by atoms with van der Waals surface area (Å²) in [7, 11) is 0. The molecule has 2 heterocycles. The van der Waals surface area contributed by atoms with E-state index in [4.69, 9.17) is 4.98 Å². The van der Waals surface area contributed by atoms with Gasteiger partial charge in [-0.05, 0) is 76.8 Å². The molecule has 0 fully saturated rings. The van der Waals surface area contributed by atoms with Crippen molar-refractivity contribution in [3.63, 3.8) is 0 Å². The first-order valence-electron chi connectivity index (χ1n) is 16.6. The zero-order valence-corrected chi connectivity index (χ0v) is 27.3. The van der Waals surface area contributed by atoms with Crippen LogP contribution < -0.4 is 4.90 Å². The number of hydrogen-bond acceptors (Lipinski definition) is 3. The summed E-state index contributed by atoms with van der Waals surface area (Å²) in [5, 5.41) is 8.41. The molecule has 4 heteroatoms. The minimum atomic E-state index is 1.03. The standard InChI is InChI=1S/C45H29N3S/c1-4-13-32(14-5-1)45-46-38-28-26-31-24-23-30-25-27-35(29-37(30)42(31)44(38)49-45)47(33-15-6-2-7-16-33)40-21-12-22-41-43(40)36-19-10-11-20-39(36)48(41)34-17-8-3-9-18-34/h1-29H. The topological polar surface area (TPSA) is 21.1 Å². The number of fused-ring (bicyclic) bond motifs is 8. The normalized spacial score (nSPS) is 11.7. The van der Waals surface area contributed by atoms with Crippen LogP contribution >= 0.6 is 11.3 Å². The highest BCUT2D eigenvalue weighted by Gasteiger charge is 2.21. The Labute approximate surface area is 287 Å². The molecule has 0 aliphatic rings. The van der Waals surface area contributed by atoms with Gasteiger partial charge in [0, 0.05) is 38.8 Å². The lowest BCUT2D eigenvalue weighted by Gasteiger charge is -2.27. The Morgan fingerprint density at radius 3 is 2.00 bits per heavy atom. The van der Waals surface area contributed by atoms with Crippen molar-refractivity contribution in [3.8, 4) is 16.3 Å². The molecule has 0 aliphatic carbocycles. The number of nitrogens with zero attached hydrogens (tertiary/aromatic N) is 3. The van der Waals surface area contributed by atoms with Gasteiger partial charge in [0.05, 0.1) is 26.9 Å². The van der Waals surface area contributed by atoms with Gasteiger partial charge in [-0.25, -0.2) is 4.98 Å². The number of rotatable bonds is 5. The molecule has 0 amide bonds. The maximum atomic E-state index is 5.09. The maximum absolute atomic E-state index is 5.09. The Hall–Kier alpha value is -6.23. The number of thiazole rings is 1. The summed E-state index contributed by atoms with van der Waals surface area (Å²) in [4.78, 5) is 7.51. The molecular formula is C45H29N3S. The summed E-state index contributed by atoms with van der Waals surface area (Å²) in [5.74, 6) is 0. The van der Waals surface area contributed by atoms with E-state index in [-0.39, 0.29) is 0 Å². The number of para-hydroxylation sites is 3. The molecule has 3 nitrogen and oxygen atoms in total. The van der Waals surface area contributed by atoms with E-state index in [0.717, 1.165) is 38.8 Å². The van der Waals surface area contributed by atoms with Crippen molar-refractivity contribution in [3.05, 3.63) is 176 Å². The van der Waals surface area contributed by atoms with E-state index in [1.807, 2.05) is 0 Å². The second-order valence-electron chi connectivity index (χ2n) is 12.4. The molecule has 0 aliphatic heterocycles. The van der Waals surface area contributed by atoms with Crippen LogP contribution in [0.3, 0.4) is 0 Å². The van der Waals surface area contributed by atoms with Crippen LogP contribution in [0.1, 0.15) is 0 Å². The first-order chi connectivity index (χ1) is 24.3. The number of anilines is 3. The smallest absolute Gasteiger partial charge is 0.124 e. The molecule has 0 saturated heterocycles. The third kappa shape index (κ3) is 4.46.